The number of amides is 3. The first-order chi connectivity index (χ1) is 11.5. The molecule has 0 spiro atoms. The van der Waals surface area contributed by atoms with Crippen molar-refractivity contribution in [2.24, 2.45) is 0 Å². The van der Waals surface area contributed by atoms with E-state index in [1.54, 1.807) is 38.4 Å². The fourth-order valence-electron chi connectivity index (χ4n) is 1.90. The van der Waals surface area contributed by atoms with E-state index in [2.05, 4.69) is 17.2 Å². The van der Waals surface area contributed by atoms with E-state index in [0.29, 0.717) is 24.4 Å². The third-order valence-electron chi connectivity index (χ3n) is 3.16. The highest BCUT2D eigenvalue weighted by atomic mass is 16.5. The summed E-state index contributed by atoms with van der Waals surface area (Å²) in [5.41, 5.74) is 0.997. The fraction of sp³-hybridized carbons (Fsp3) is 0.353. The molecule has 130 valence electrons. The van der Waals surface area contributed by atoms with Gasteiger partial charge < -0.3 is 20.3 Å². The van der Waals surface area contributed by atoms with Gasteiger partial charge in [-0.2, -0.15) is 0 Å². The second-order valence-electron chi connectivity index (χ2n) is 5.13. The van der Waals surface area contributed by atoms with E-state index in [4.69, 9.17) is 4.74 Å². The summed E-state index contributed by atoms with van der Waals surface area (Å²) in [7, 11) is 3.16. The molecule has 0 aliphatic carbocycles. The van der Waals surface area contributed by atoms with Crippen molar-refractivity contribution in [3.8, 4) is 0 Å². The molecule has 0 unspecified atom stereocenters. The number of anilines is 1. The molecule has 1 aromatic rings. The molecule has 1 aromatic carbocycles. The highest BCUT2D eigenvalue weighted by Crippen LogP contribution is 2.11. The van der Waals surface area contributed by atoms with E-state index in [-0.39, 0.29) is 24.3 Å². The average molecular weight is 333 g/mol. The van der Waals surface area contributed by atoms with Crippen LogP contribution in [0.4, 0.5) is 5.69 Å². The maximum Gasteiger partial charge on any atom is 0.254 e. The van der Waals surface area contributed by atoms with E-state index in [9.17, 15) is 14.4 Å². The van der Waals surface area contributed by atoms with Crippen LogP contribution < -0.4 is 10.6 Å². The standard InChI is InChI=1S/C17H23N3O4/c1-4-15(21)19-14-8-6-13(7-9-14)17(23)20(2)12-16(22)18-10-5-11-24-3/h4,6-9H,1,5,10-12H2,2-3H3,(H,18,22)(H,19,21). The van der Waals surface area contributed by atoms with Crippen molar-refractivity contribution < 1.29 is 19.1 Å². The Hall–Kier alpha value is -2.67. The van der Waals surface area contributed by atoms with Crippen LogP contribution in [-0.4, -0.2) is 56.5 Å². The van der Waals surface area contributed by atoms with Crippen LogP contribution in [0.15, 0.2) is 36.9 Å². The number of nitrogens with one attached hydrogen (secondary N) is 2. The topological polar surface area (TPSA) is 87.7 Å². The van der Waals surface area contributed by atoms with Crippen LogP contribution >= 0.6 is 0 Å². The number of hydrogen-bond acceptors (Lipinski definition) is 4. The SMILES string of the molecule is C=CC(=O)Nc1ccc(C(=O)N(C)CC(=O)NCCCOC)cc1. The fourth-order valence-corrected chi connectivity index (χ4v) is 1.90. The minimum Gasteiger partial charge on any atom is -0.385 e. The Morgan fingerprint density at radius 3 is 2.50 bits per heavy atom. The van der Waals surface area contributed by atoms with Gasteiger partial charge in [0.25, 0.3) is 5.91 Å². The highest BCUT2D eigenvalue weighted by Gasteiger charge is 2.14. The van der Waals surface area contributed by atoms with Gasteiger partial charge in [0.1, 0.15) is 0 Å². The summed E-state index contributed by atoms with van der Waals surface area (Å²) in [6.07, 6.45) is 1.88. The van der Waals surface area contributed by atoms with E-state index in [0.717, 1.165) is 12.5 Å². The Balaban J connectivity index is 2.51. The predicted molar refractivity (Wildman–Crippen MR) is 91.7 cm³/mol. The molecule has 24 heavy (non-hydrogen) atoms. The summed E-state index contributed by atoms with van der Waals surface area (Å²) >= 11 is 0. The summed E-state index contributed by atoms with van der Waals surface area (Å²) in [4.78, 5) is 36.6. The van der Waals surface area contributed by atoms with Crippen LogP contribution in [0.2, 0.25) is 0 Å². The van der Waals surface area contributed by atoms with Gasteiger partial charge in [-0.3, -0.25) is 14.4 Å². The van der Waals surface area contributed by atoms with Gasteiger partial charge in [-0.15, -0.1) is 0 Å². The number of methoxy groups -OCH3 is 1. The summed E-state index contributed by atoms with van der Waals surface area (Å²) < 4.78 is 4.89. The molecule has 0 saturated heterocycles. The van der Waals surface area contributed by atoms with Crippen molar-refractivity contribution in [2.75, 3.05) is 39.2 Å². The first kappa shape index (κ1) is 19.4. The van der Waals surface area contributed by atoms with Crippen molar-refractivity contribution in [1.29, 1.82) is 0 Å². The molecule has 3 amide bonds. The number of carbonyl (C=O) groups is 3. The number of carbonyl (C=O) groups excluding carboxylic acids is 3. The number of likely N-dealkylation sites (N-methyl/N-ethyl adjacent to an activating group) is 1. The van der Waals surface area contributed by atoms with Crippen molar-refractivity contribution in [1.82, 2.24) is 10.2 Å². The lowest BCUT2D eigenvalue weighted by atomic mass is 10.2. The first-order valence-corrected chi connectivity index (χ1v) is 7.52. The van der Waals surface area contributed by atoms with Crippen LogP contribution in [0.3, 0.4) is 0 Å². The van der Waals surface area contributed by atoms with Crippen molar-refractivity contribution in [3.63, 3.8) is 0 Å². The summed E-state index contributed by atoms with van der Waals surface area (Å²) in [6.45, 7) is 4.42. The Kier molecular flexibility index (Phi) is 8.21. The molecule has 0 aliphatic heterocycles. The Morgan fingerprint density at radius 1 is 1.25 bits per heavy atom. The van der Waals surface area contributed by atoms with E-state index >= 15 is 0 Å². The third-order valence-corrected chi connectivity index (χ3v) is 3.16. The molecule has 0 aromatic heterocycles. The Morgan fingerprint density at radius 2 is 1.92 bits per heavy atom. The molecular formula is C17H23N3O4. The smallest absolute Gasteiger partial charge is 0.254 e. The lowest BCUT2D eigenvalue weighted by Gasteiger charge is -2.17. The third kappa shape index (κ3) is 6.62. The number of benzene rings is 1. The lowest BCUT2D eigenvalue weighted by Crippen LogP contribution is -2.38. The molecule has 0 aliphatic rings. The van der Waals surface area contributed by atoms with E-state index < -0.39 is 0 Å². The van der Waals surface area contributed by atoms with Crippen molar-refractivity contribution in [3.05, 3.63) is 42.5 Å². The number of rotatable bonds is 9. The van der Waals surface area contributed by atoms with Crippen LogP contribution in [-0.2, 0) is 14.3 Å². The molecule has 0 saturated carbocycles. The zero-order valence-electron chi connectivity index (χ0n) is 14.0. The van der Waals surface area contributed by atoms with E-state index in [1.165, 1.54) is 4.90 Å². The van der Waals surface area contributed by atoms with Gasteiger partial charge in [-0.1, -0.05) is 6.58 Å². The number of hydrogen-bond donors (Lipinski definition) is 2. The maximum atomic E-state index is 12.3. The normalized spacial score (nSPS) is 9.92. The Labute approximate surface area is 141 Å². The maximum absolute atomic E-state index is 12.3. The zero-order chi connectivity index (χ0) is 17.9. The Bertz CT molecular complexity index is 584. The van der Waals surface area contributed by atoms with Crippen molar-refractivity contribution in [2.45, 2.75) is 6.42 Å². The van der Waals surface area contributed by atoms with Crippen LogP contribution in [0.25, 0.3) is 0 Å². The quantitative estimate of drug-likeness (QED) is 0.522. The lowest BCUT2D eigenvalue weighted by molar-refractivity contribution is -0.121. The van der Waals surface area contributed by atoms with Gasteiger partial charge in [0.05, 0.1) is 6.54 Å². The molecule has 0 bridgehead atoms. The molecular weight excluding hydrogens is 310 g/mol. The van der Waals surface area contributed by atoms with Gasteiger partial charge >= 0.3 is 0 Å². The summed E-state index contributed by atoms with van der Waals surface area (Å²) in [6, 6.07) is 6.42. The number of ether oxygens (including phenoxy) is 1. The van der Waals surface area contributed by atoms with Gasteiger partial charge in [0.15, 0.2) is 0 Å². The molecule has 0 atom stereocenters. The van der Waals surface area contributed by atoms with Crippen molar-refractivity contribution >= 4 is 23.4 Å². The molecule has 7 nitrogen and oxygen atoms in total. The van der Waals surface area contributed by atoms with Gasteiger partial charge in [0.2, 0.25) is 11.8 Å². The summed E-state index contributed by atoms with van der Waals surface area (Å²) in [5, 5.41) is 5.32. The zero-order valence-corrected chi connectivity index (χ0v) is 14.0. The molecule has 0 heterocycles. The minimum atomic E-state index is -0.323. The molecule has 7 heteroatoms. The van der Waals surface area contributed by atoms with Crippen LogP contribution in [0, 0.1) is 0 Å². The largest absolute Gasteiger partial charge is 0.385 e. The molecule has 0 fully saturated rings. The number of nitrogens with zero attached hydrogens (tertiary/aromatic N) is 1. The van der Waals surface area contributed by atoms with Gasteiger partial charge in [-0.05, 0) is 36.8 Å². The van der Waals surface area contributed by atoms with Crippen LogP contribution in [0.1, 0.15) is 16.8 Å². The molecule has 2 N–H and O–H groups in total. The predicted octanol–water partition coefficient (Wildman–Crippen LogP) is 1.04. The second kappa shape index (κ2) is 10.2. The van der Waals surface area contributed by atoms with Gasteiger partial charge in [0, 0.05) is 38.6 Å². The molecule has 1 rings (SSSR count). The monoisotopic (exact) mass is 333 g/mol. The molecule has 0 radical (unpaired) electrons. The van der Waals surface area contributed by atoms with Gasteiger partial charge in [-0.25, -0.2) is 0 Å². The van der Waals surface area contributed by atoms with Crippen LogP contribution in [0.5, 0.6) is 0 Å². The second-order valence-corrected chi connectivity index (χ2v) is 5.13. The van der Waals surface area contributed by atoms with E-state index in [1.807, 2.05) is 0 Å². The average Bonchev–Trinajstić information content (AvgIpc) is 2.58. The first-order valence-electron chi connectivity index (χ1n) is 7.52. The summed E-state index contributed by atoms with van der Waals surface area (Å²) in [5.74, 6) is -0.822. The highest BCUT2D eigenvalue weighted by molar-refractivity contribution is 6.00. The minimum absolute atomic E-state index is 0.0270.